The van der Waals surface area contributed by atoms with Crippen LogP contribution in [0.4, 0.5) is 5.13 Å². The van der Waals surface area contributed by atoms with Crippen molar-refractivity contribution in [3.63, 3.8) is 0 Å². The average molecular weight is 366 g/mol. The number of anilines is 1. The van der Waals surface area contributed by atoms with Gasteiger partial charge in [-0.05, 0) is 38.1 Å². The Morgan fingerprint density at radius 2 is 1.69 bits per heavy atom. The Morgan fingerprint density at radius 3 is 2.27 bits per heavy atom. The number of aromatic nitrogens is 1. The van der Waals surface area contributed by atoms with E-state index in [0.29, 0.717) is 10.4 Å². The van der Waals surface area contributed by atoms with E-state index in [0.717, 1.165) is 35.2 Å². The van der Waals surface area contributed by atoms with Gasteiger partial charge in [-0.3, -0.25) is 4.79 Å². The summed E-state index contributed by atoms with van der Waals surface area (Å²) in [7, 11) is 1.64. The number of carbonyl (C=O) groups is 1. The van der Waals surface area contributed by atoms with Crippen molar-refractivity contribution in [2.75, 3.05) is 25.1 Å². The van der Waals surface area contributed by atoms with Crippen LogP contribution in [0.25, 0.3) is 11.3 Å². The second-order valence-corrected chi connectivity index (χ2v) is 6.75. The third-order valence-corrected chi connectivity index (χ3v) is 5.37. The molecule has 1 heterocycles. The van der Waals surface area contributed by atoms with Gasteiger partial charge in [0.2, 0.25) is 5.78 Å². The summed E-state index contributed by atoms with van der Waals surface area (Å²) in [5.74, 6) is 0.788. The summed E-state index contributed by atoms with van der Waals surface area (Å²) in [6, 6.07) is 17.0. The van der Waals surface area contributed by atoms with Gasteiger partial charge in [0.15, 0.2) is 5.13 Å². The molecule has 0 fully saturated rings. The van der Waals surface area contributed by atoms with E-state index in [1.807, 2.05) is 54.6 Å². The zero-order valence-electron chi connectivity index (χ0n) is 15.2. The van der Waals surface area contributed by atoms with Crippen molar-refractivity contribution in [3.05, 3.63) is 65.0 Å². The van der Waals surface area contributed by atoms with Gasteiger partial charge >= 0.3 is 0 Å². The Bertz CT molecular complexity index is 869. The first kappa shape index (κ1) is 18.1. The summed E-state index contributed by atoms with van der Waals surface area (Å²) in [6.45, 7) is 5.89. The van der Waals surface area contributed by atoms with Crippen molar-refractivity contribution in [1.29, 1.82) is 0 Å². The number of hydrogen-bond donors (Lipinski definition) is 0. The number of benzene rings is 2. The van der Waals surface area contributed by atoms with Gasteiger partial charge in [-0.15, -0.1) is 0 Å². The van der Waals surface area contributed by atoms with Crippen LogP contribution < -0.4 is 9.64 Å². The van der Waals surface area contributed by atoms with E-state index in [-0.39, 0.29) is 5.78 Å². The molecule has 0 saturated carbocycles. The lowest BCUT2D eigenvalue weighted by Gasteiger charge is -2.16. The number of nitrogens with zero attached hydrogens (tertiary/aromatic N) is 2. The lowest BCUT2D eigenvalue weighted by molar-refractivity contribution is 0.104. The maximum Gasteiger partial charge on any atom is 0.205 e. The summed E-state index contributed by atoms with van der Waals surface area (Å²) in [4.78, 5) is 20.7. The highest BCUT2D eigenvalue weighted by molar-refractivity contribution is 7.18. The van der Waals surface area contributed by atoms with Crippen molar-refractivity contribution in [2.45, 2.75) is 13.8 Å². The van der Waals surface area contributed by atoms with E-state index in [2.05, 4.69) is 18.7 Å². The lowest BCUT2D eigenvalue weighted by atomic mass is 10.1. The number of ketones is 1. The molecule has 0 atom stereocenters. The molecule has 0 unspecified atom stereocenters. The van der Waals surface area contributed by atoms with Crippen molar-refractivity contribution >= 4 is 22.3 Å². The molecule has 0 aliphatic heterocycles. The largest absolute Gasteiger partial charge is 0.497 e. The van der Waals surface area contributed by atoms with Gasteiger partial charge in [0.05, 0.1) is 12.8 Å². The first-order valence-corrected chi connectivity index (χ1v) is 9.49. The van der Waals surface area contributed by atoms with Crippen LogP contribution in [0.3, 0.4) is 0 Å². The van der Waals surface area contributed by atoms with Crippen LogP contribution >= 0.6 is 11.3 Å². The van der Waals surface area contributed by atoms with Gasteiger partial charge in [-0.2, -0.15) is 0 Å². The Morgan fingerprint density at radius 1 is 1.04 bits per heavy atom. The average Bonchev–Trinajstić information content (AvgIpc) is 3.14. The Labute approximate surface area is 158 Å². The molecule has 0 N–H and O–H groups in total. The van der Waals surface area contributed by atoms with Crippen LogP contribution in [0.1, 0.15) is 29.1 Å². The van der Waals surface area contributed by atoms with Crippen molar-refractivity contribution < 1.29 is 9.53 Å². The van der Waals surface area contributed by atoms with E-state index in [1.54, 1.807) is 7.11 Å². The molecule has 0 bridgehead atoms. The number of hydrogen-bond acceptors (Lipinski definition) is 5. The van der Waals surface area contributed by atoms with Gasteiger partial charge in [-0.25, -0.2) is 4.98 Å². The summed E-state index contributed by atoms with van der Waals surface area (Å²) in [5.41, 5.74) is 2.32. The van der Waals surface area contributed by atoms with Crippen LogP contribution in [-0.4, -0.2) is 31.0 Å². The molecule has 3 aromatic rings. The molecular weight excluding hydrogens is 344 g/mol. The summed E-state index contributed by atoms with van der Waals surface area (Å²) in [6.07, 6.45) is 0. The van der Waals surface area contributed by atoms with E-state index in [1.165, 1.54) is 11.3 Å². The fourth-order valence-electron chi connectivity index (χ4n) is 2.76. The van der Waals surface area contributed by atoms with Gasteiger partial charge in [0.1, 0.15) is 10.6 Å². The van der Waals surface area contributed by atoms with Gasteiger partial charge in [0, 0.05) is 24.2 Å². The van der Waals surface area contributed by atoms with Crippen LogP contribution in [0.15, 0.2) is 54.6 Å². The predicted molar refractivity (Wildman–Crippen MR) is 108 cm³/mol. The minimum Gasteiger partial charge on any atom is -0.497 e. The van der Waals surface area contributed by atoms with Crippen molar-refractivity contribution in [3.8, 4) is 17.0 Å². The quantitative estimate of drug-likeness (QED) is 0.558. The molecule has 134 valence electrons. The third-order valence-electron chi connectivity index (χ3n) is 4.26. The number of carbonyl (C=O) groups excluding carboxylic acids is 1. The highest BCUT2D eigenvalue weighted by Gasteiger charge is 2.22. The molecular formula is C21H22N2O2S. The van der Waals surface area contributed by atoms with Crippen LogP contribution in [0.5, 0.6) is 5.75 Å². The third kappa shape index (κ3) is 3.63. The summed E-state index contributed by atoms with van der Waals surface area (Å²) in [5, 5.41) is 0.875. The molecule has 0 saturated heterocycles. The normalized spacial score (nSPS) is 10.6. The van der Waals surface area contributed by atoms with Gasteiger partial charge in [0.25, 0.3) is 0 Å². The zero-order valence-corrected chi connectivity index (χ0v) is 16.0. The fraction of sp³-hybridized carbons (Fsp3) is 0.238. The zero-order chi connectivity index (χ0) is 18.5. The predicted octanol–water partition coefficient (Wildman–Crippen LogP) is 4.90. The first-order chi connectivity index (χ1) is 12.7. The molecule has 2 aromatic carbocycles. The number of ether oxygens (including phenoxy) is 1. The first-order valence-electron chi connectivity index (χ1n) is 8.67. The molecule has 0 radical (unpaired) electrons. The van der Waals surface area contributed by atoms with Gasteiger partial charge < -0.3 is 9.64 Å². The molecule has 3 rings (SSSR count). The second kappa shape index (κ2) is 8.15. The lowest BCUT2D eigenvalue weighted by Crippen LogP contribution is -2.21. The van der Waals surface area contributed by atoms with E-state index < -0.39 is 0 Å². The number of methoxy groups -OCH3 is 1. The fourth-order valence-corrected chi connectivity index (χ4v) is 3.93. The summed E-state index contributed by atoms with van der Waals surface area (Å²) >= 11 is 1.46. The maximum absolute atomic E-state index is 13.1. The highest BCUT2D eigenvalue weighted by Crippen LogP contribution is 2.35. The standard InChI is InChI=1S/C21H22N2O2S/c1-4-23(5-2)21-22-18(15-11-13-17(25-3)14-12-15)20(26-21)19(24)16-9-7-6-8-10-16/h6-14H,4-5H2,1-3H3. The van der Waals surface area contributed by atoms with Crippen molar-refractivity contribution in [2.24, 2.45) is 0 Å². The Hall–Kier alpha value is -2.66. The Balaban J connectivity index is 2.09. The smallest absolute Gasteiger partial charge is 0.205 e. The van der Waals surface area contributed by atoms with Crippen LogP contribution in [0.2, 0.25) is 0 Å². The van der Waals surface area contributed by atoms with Crippen LogP contribution in [0, 0.1) is 0 Å². The number of rotatable bonds is 7. The molecule has 0 aliphatic carbocycles. The molecule has 0 aliphatic rings. The molecule has 26 heavy (non-hydrogen) atoms. The monoisotopic (exact) mass is 366 g/mol. The SMILES string of the molecule is CCN(CC)c1nc(-c2ccc(OC)cc2)c(C(=O)c2ccccc2)s1. The molecule has 5 heteroatoms. The number of thiazole rings is 1. The van der Waals surface area contributed by atoms with Gasteiger partial charge in [-0.1, -0.05) is 41.7 Å². The Kier molecular flexibility index (Phi) is 5.68. The second-order valence-electron chi connectivity index (χ2n) is 5.77. The minimum absolute atomic E-state index is 0.00678. The highest BCUT2D eigenvalue weighted by atomic mass is 32.1. The minimum atomic E-state index is 0.00678. The molecule has 4 nitrogen and oxygen atoms in total. The van der Waals surface area contributed by atoms with E-state index in [9.17, 15) is 4.79 Å². The summed E-state index contributed by atoms with van der Waals surface area (Å²) < 4.78 is 5.24. The van der Waals surface area contributed by atoms with E-state index >= 15 is 0 Å². The van der Waals surface area contributed by atoms with Crippen molar-refractivity contribution in [1.82, 2.24) is 4.98 Å². The molecule has 0 amide bonds. The van der Waals surface area contributed by atoms with Crippen LogP contribution in [-0.2, 0) is 0 Å². The topological polar surface area (TPSA) is 42.4 Å². The molecule has 0 spiro atoms. The molecule has 1 aromatic heterocycles. The van der Waals surface area contributed by atoms with E-state index in [4.69, 9.17) is 9.72 Å². The maximum atomic E-state index is 13.1.